The highest BCUT2D eigenvalue weighted by Crippen LogP contribution is 2.10. The Bertz CT molecular complexity index is 340. The average molecular weight is 220 g/mol. The van der Waals surface area contributed by atoms with Crippen LogP contribution in [0.2, 0.25) is 0 Å². The minimum Gasteiger partial charge on any atom is -0.399 e. The molecule has 1 atom stereocenters. The summed E-state index contributed by atoms with van der Waals surface area (Å²) in [4.78, 5) is 0. The summed E-state index contributed by atoms with van der Waals surface area (Å²) >= 11 is 0. The molecular weight excluding hydrogens is 200 g/mol. The van der Waals surface area contributed by atoms with Gasteiger partial charge >= 0.3 is 0 Å². The summed E-state index contributed by atoms with van der Waals surface area (Å²) in [6.45, 7) is 5.84. The number of rotatable bonds is 2. The number of benzene rings is 1. The number of aliphatic hydroxyl groups is 1. The molecule has 0 amide bonds. The van der Waals surface area contributed by atoms with Gasteiger partial charge in [-0.05, 0) is 37.0 Å². The van der Waals surface area contributed by atoms with E-state index in [9.17, 15) is 0 Å². The predicted molar refractivity (Wildman–Crippen MR) is 66.7 cm³/mol. The van der Waals surface area contributed by atoms with Crippen molar-refractivity contribution in [3.63, 3.8) is 0 Å². The van der Waals surface area contributed by atoms with Crippen molar-refractivity contribution >= 4 is 5.69 Å². The smallest absolute Gasteiger partial charge is 0.137 e. The molecule has 1 unspecified atom stereocenters. The van der Waals surface area contributed by atoms with Crippen molar-refractivity contribution in [3.8, 4) is 6.07 Å². The number of nitrogens with two attached hydrogens (primary N) is 1. The van der Waals surface area contributed by atoms with E-state index in [0.29, 0.717) is 5.92 Å². The maximum Gasteiger partial charge on any atom is 0.137 e. The van der Waals surface area contributed by atoms with Gasteiger partial charge in [-0.3, -0.25) is 0 Å². The molecular formula is C13H20N2O. The number of hydrogen-bond acceptors (Lipinski definition) is 3. The molecule has 3 heteroatoms. The van der Waals surface area contributed by atoms with E-state index in [2.05, 4.69) is 19.9 Å². The van der Waals surface area contributed by atoms with Crippen LogP contribution in [0.4, 0.5) is 5.69 Å². The van der Waals surface area contributed by atoms with Gasteiger partial charge in [0.25, 0.3) is 0 Å². The third-order valence-electron chi connectivity index (χ3n) is 1.78. The number of anilines is 1. The molecule has 1 aromatic rings. The fourth-order valence-electron chi connectivity index (χ4n) is 1.19. The molecule has 1 aromatic carbocycles. The lowest BCUT2D eigenvalue weighted by Gasteiger charge is -2.04. The Morgan fingerprint density at radius 1 is 1.38 bits per heavy atom. The topological polar surface area (TPSA) is 70.0 Å². The first-order valence-corrected chi connectivity index (χ1v) is 5.37. The number of nitrogens with zero attached hydrogens (tertiary/aromatic N) is 1. The van der Waals surface area contributed by atoms with Crippen molar-refractivity contribution in [2.24, 2.45) is 5.92 Å². The largest absolute Gasteiger partial charge is 0.399 e. The third-order valence-corrected chi connectivity index (χ3v) is 1.78. The van der Waals surface area contributed by atoms with Gasteiger partial charge in [0.2, 0.25) is 0 Å². The summed E-state index contributed by atoms with van der Waals surface area (Å²) in [5, 5.41) is 15.6. The second-order valence-corrected chi connectivity index (χ2v) is 4.15. The van der Waals surface area contributed by atoms with Crippen LogP contribution >= 0.6 is 0 Å². The molecule has 0 aliphatic heterocycles. The molecule has 1 rings (SSSR count). The predicted octanol–water partition coefficient (Wildman–Crippen LogP) is 2.36. The monoisotopic (exact) mass is 220 g/mol. The molecule has 0 radical (unpaired) electrons. The van der Waals surface area contributed by atoms with Crippen LogP contribution in [-0.4, -0.2) is 11.2 Å². The van der Waals surface area contributed by atoms with Gasteiger partial charge in [-0.1, -0.05) is 26.0 Å². The van der Waals surface area contributed by atoms with Gasteiger partial charge in [0.05, 0.1) is 6.07 Å². The normalized spacial score (nSPS) is 11.2. The lowest BCUT2D eigenvalue weighted by atomic mass is 10.0. The molecule has 0 saturated carbocycles. The highest BCUT2D eigenvalue weighted by Gasteiger charge is 1.96. The maximum absolute atomic E-state index is 8.00. The average Bonchev–Trinajstić information content (AvgIpc) is 2.17. The first-order valence-electron chi connectivity index (χ1n) is 5.37. The van der Waals surface area contributed by atoms with Gasteiger partial charge in [0, 0.05) is 5.69 Å². The number of aliphatic hydroxyl groups excluding tert-OH is 1. The van der Waals surface area contributed by atoms with Crippen LogP contribution in [0.25, 0.3) is 0 Å². The summed E-state index contributed by atoms with van der Waals surface area (Å²) in [5.41, 5.74) is 7.83. The van der Waals surface area contributed by atoms with Gasteiger partial charge in [-0.25, -0.2) is 0 Å². The second kappa shape index (κ2) is 7.72. The van der Waals surface area contributed by atoms with Crippen LogP contribution in [0.5, 0.6) is 0 Å². The quantitative estimate of drug-likeness (QED) is 0.593. The lowest BCUT2D eigenvalue weighted by Crippen LogP contribution is -1.94. The summed E-state index contributed by atoms with van der Waals surface area (Å²) in [6.07, 6.45) is 0.306. The fourth-order valence-corrected chi connectivity index (χ4v) is 1.19. The zero-order valence-corrected chi connectivity index (χ0v) is 10.1. The van der Waals surface area contributed by atoms with E-state index < -0.39 is 6.10 Å². The number of hydrogen-bond donors (Lipinski definition) is 2. The molecule has 88 valence electrons. The molecule has 0 fully saturated rings. The van der Waals surface area contributed by atoms with Crippen molar-refractivity contribution in [2.45, 2.75) is 33.3 Å². The molecule has 0 heterocycles. The van der Waals surface area contributed by atoms with E-state index >= 15 is 0 Å². The van der Waals surface area contributed by atoms with E-state index in [4.69, 9.17) is 16.1 Å². The van der Waals surface area contributed by atoms with Gasteiger partial charge in [-0.15, -0.1) is 0 Å². The highest BCUT2D eigenvalue weighted by molar-refractivity contribution is 5.40. The minimum atomic E-state index is -0.810. The molecule has 0 aliphatic rings. The maximum atomic E-state index is 8.00. The Labute approximate surface area is 97.5 Å². The molecule has 0 aliphatic carbocycles. The number of nitrogen functional groups attached to an aromatic ring is 1. The van der Waals surface area contributed by atoms with Crippen LogP contribution in [-0.2, 0) is 6.42 Å². The van der Waals surface area contributed by atoms with E-state index in [1.165, 1.54) is 12.5 Å². The van der Waals surface area contributed by atoms with E-state index in [1.807, 2.05) is 18.2 Å². The fraction of sp³-hybridized carbons (Fsp3) is 0.462. The molecule has 0 bridgehead atoms. The van der Waals surface area contributed by atoms with Crippen molar-refractivity contribution in [2.75, 3.05) is 5.73 Å². The first kappa shape index (κ1) is 14.5. The molecule has 3 N–H and O–H groups in total. The van der Waals surface area contributed by atoms with Crippen LogP contribution in [0.3, 0.4) is 0 Å². The molecule has 3 nitrogen and oxygen atoms in total. The van der Waals surface area contributed by atoms with Crippen LogP contribution < -0.4 is 5.73 Å². The lowest BCUT2D eigenvalue weighted by molar-refractivity contribution is 0.251. The van der Waals surface area contributed by atoms with E-state index in [0.717, 1.165) is 12.1 Å². The number of nitriles is 1. The zero-order chi connectivity index (χ0) is 12.6. The molecule has 0 aromatic heterocycles. The molecule has 16 heavy (non-hydrogen) atoms. The Balaban J connectivity index is 0.000000385. The molecule has 0 saturated heterocycles. The van der Waals surface area contributed by atoms with Crippen molar-refractivity contribution < 1.29 is 5.11 Å². The van der Waals surface area contributed by atoms with Crippen molar-refractivity contribution in [3.05, 3.63) is 29.8 Å². The van der Waals surface area contributed by atoms with Gasteiger partial charge < -0.3 is 10.8 Å². The summed E-state index contributed by atoms with van der Waals surface area (Å²) in [7, 11) is 0. The van der Waals surface area contributed by atoms with Crippen LogP contribution in [0.15, 0.2) is 24.3 Å². The van der Waals surface area contributed by atoms with Crippen molar-refractivity contribution in [1.82, 2.24) is 0 Å². The Morgan fingerprint density at radius 3 is 2.31 bits per heavy atom. The Kier molecular flexibility index (Phi) is 6.98. The standard InChI is InChI=1S/C10H15N.C3H5NO/c1-8(2)6-9-4-3-5-10(11)7-9;1-3(5)2-4/h3-5,7-8H,6,11H2,1-2H3;3,5H,1H3. The Morgan fingerprint density at radius 2 is 1.94 bits per heavy atom. The second-order valence-electron chi connectivity index (χ2n) is 4.15. The van der Waals surface area contributed by atoms with Crippen LogP contribution in [0.1, 0.15) is 26.3 Å². The van der Waals surface area contributed by atoms with E-state index in [-0.39, 0.29) is 0 Å². The summed E-state index contributed by atoms with van der Waals surface area (Å²) in [5.74, 6) is 0.705. The highest BCUT2D eigenvalue weighted by atomic mass is 16.3. The SMILES string of the molecule is CC(C)Cc1cccc(N)c1.CC(O)C#N. The van der Waals surface area contributed by atoms with Gasteiger partial charge in [-0.2, -0.15) is 5.26 Å². The third kappa shape index (κ3) is 7.84. The summed E-state index contributed by atoms with van der Waals surface area (Å²) < 4.78 is 0. The first-order chi connectivity index (χ1) is 7.45. The Hall–Kier alpha value is -1.53. The summed E-state index contributed by atoms with van der Waals surface area (Å²) in [6, 6.07) is 9.67. The van der Waals surface area contributed by atoms with E-state index in [1.54, 1.807) is 6.07 Å². The van der Waals surface area contributed by atoms with Crippen LogP contribution in [0, 0.1) is 17.2 Å². The molecule has 0 spiro atoms. The zero-order valence-electron chi connectivity index (χ0n) is 10.1. The van der Waals surface area contributed by atoms with Gasteiger partial charge in [0.15, 0.2) is 0 Å². The van der Waals surface area contributed by atoms with Crippen molar-refractivity contribution in [1.29, 1.82) is 5.26 Å². The van der Waals surface area contributed by atoms with Gasteiger partial charge in [0.1, 0.15) is 6.10 Å². The minimum absolute atomic E-state index is 0.705.